The standard InChI is InChI=1S/C12H16N3.Re/c1-8(2)10-5-12-14-11(9(3)4)6-13-15(12)7-10;/h5-6,8-9H,1-4H3;/q-1;. The van der Waals surface area contributed by atoms with Gasteiger partial charge in [0.25, 0.3) is 0 Å². The van der Waals surface area contributed by atoms with Crippen LogP contribution in [0.25, 0.3) is 5.65 Å². The van der Waals surface area contributed by atoms with E-state index < -0.39 is 0 Å². The van der Waals surface area contributed by atoms with Gasteiger partial charge in [0.05, 0.1) is 6.20 Å². The van der Waals surface area contributed by atoms with Gasteiger partial charge in [-0.05, 0) is 17.5 Å². The molecule has 16 heavy (non-hydrogen) atoms. The first-order valence-electron chi connectivity index (χ1n) is 5.36. The van der Waals surface area contributed by atoms with Crippen LogP contribution in [0.15, 0.2) is 12.3 Å². The molecule has 0 aliphatic rings. The van der Waals surface area contributed by atoms with Gasteiger partial charge < -0.3 is 9.50 Å². The van der Waals surface area contributed by atoms with Crippen LogP contribution in [0, 0.1) is 6.20 Å². The van der Waals surface area contributed by atoms with Crippen molar-refractivity contribution in [1.29, 1.82) is 0 Å². The van der Waals surface area contributed by atoms with Crippen molar-refractivity contribution in [3.8, 4) is 0 Å². The fraction of sp³-hybridized carbons (Fsp3) is 0.500. The summed E-state index contributed by atoms with van der Waals surface area (Å²) in [6, 6.07) is 2.06. The molecule has 0 atom stereocenters. The van der Waals surface area contributed by atoms with Crippen molar-refractivity contribution in [2.45, 2.75) is 39.5 Å². The Morgan fingerprint density at radius 3 is 2.44 bits per heavy atom. The summed E-state index contributed by atoms with van der Waals surface area (Å²) in [6.45, 7) is 8.54. The number of fused-ring (bicyclic) bond motifs is 1. The summed E-state index contributed by atoms with van der Waals surface area (Å²) in [6.07, 6.45) is 5.02. The van der Waals surface area contributed by atoms with E-state index in [1.165, 1.54) is 0 Å². The van der Waals surface area contributed by atoms with E-state index >= 15 is 0 Å². The Balaban J connectivity index is 0.00000128. The van der Waals surface area contributed by atoms with Gasteiger partial charge in [0.15, 0.2) is 0 Å². The molecule has 2 aromatic heterocycles. The van der Waals surface area contributed by atoms with E-state index in [-0.39, 0.29) is 20.4 Å². The molecule has 0 aliphatic carbocycles. The summed E-state index contributed by atoms with van der Waals surface area (Å²) in [5.41, 5.74) is 3.09. The van der Waals surface area contributed by atoms with Gasteiger partial charge in [-0.1, -0.05) is 33.9 Å². The minimum atomic E-state index is 0. The van der Waals surface area contributed by atoms with E-state index in [2.05, 4.69) is 50.0 Å². The zero-order valence-electron chi connectivity index (χ0n) is 10.0. The van der Waals surface area contributed by atoms with E-state index in [0.29, 0.717) is 11.8 Å². The van der Waals surface area contributed by atoms with Gasteiger partial charge in [-0.2, -0.15) is 11.2 Å². The maximum absolute atomic E-state index is 4.55. The van der Waals surface area contributed by atoms with Crippen molar-refractivity contribution < 1.29 is 20.4 Å². The van der Waals surface area contributed by atoms with Gasteiger partial charge in [-0.3, -0.25) is 0 Å². The van der Waals surface area contributed by atoms with Gasteiger partial charge >= 0.3 is 0 Å². The average Bonchev–Trinajstić information content (AvgIpc) is 2.59. The Morgan fingerprint density at radius 2 is 1.88 bits per heavy atom. The van der Waals surface area contributed by atoms with Crippen molar-refractivity contribution >= 4 is 5.65 Å². The third-order valence-corrected chi connectivity index (χ3v) is 2.50. The first-order valence-corrected chi connectivity index (χ1v) is 5.36. The van der Waals surface area contributed by atoms with Crippen LogP contribution in [0.3, 0.4) is 0 Å². The first-order chi connectivity index (χ1) is 7.08. The second kappa shape index (κ2) is 5.07. The van der Waals surface area contributed by atoms with Gasteiger partial charge in [-0.25, -0.2) is 0 Å². The quantitative estimate of drug-likeness (QED) is 0.741. The van der Waals surface area contributed by atoms with E-state index in [0.717, 1.165) is 16.9 Å². The maximum Gasteiger partial charge on any atom is 0.0660 e. The Morgan fingerprint density at radius 1 is 1.19 bits per heavy atom. The predicted octanol–water partition coefficient (Wildman–Crippen LogP) is 2.77. The summed E-state index contributed by atoms with van der Waals surface area (Å²) in [7, 11) is 0. The van der Waals surface area contributed by atoms with Crippen molar-refractivity contribution in [2.75, 3.05) is 0 Å². The summed E-state index contributed by atoms with van der Waals surface area (Å²) < 4.78 is 1.72. The van der Waals surface area contributed by atoms with Crippen LogP contribution in [0.5, 0.6) is 0 Å². The maximum atomic E-state index is 4.55. The third kappa shape index (κ3) is 2.50. The molecule has 0 unspecified atom stereocenters. The molecule has 0 aromatic carbocycles. The molecule has 0 saturated carbocycles. The molecule has 0 amide bonds. The molecular formula is C12H16N3Re-. The topological polar surface area (TPSA) is 30.2 Å². The normalized spacial score (nSPS) is 11.1. The van der Waals surface area contributed by atoms with Crippen molar-refractivity contribution in [1.82, 2.24) is 14.6 Å². The second-order valence-corrected chi connectivity index (χ2v) is 4.47. The Bertz CT molecular complexity index is 468. The van der Waals surface area contributed by atoms with E-state index in [4.69, 9.17) is 0 Å². The fourth-order valence-corrected chi connectivity index (χ4v) is 1.43. The number of hydrogen-bond donors (Lipinski definition) is 0. The van der Waals surface area contributed by atoms with Crippen molar-refractivity contribution in [2.24, 2.45) is 0 Å². The fourth-order valence-electron chi connectivity index (χ4n) is 1.43. The first kappa shape index (κ1) is 13.3. The molecule has 1 radical (unpaired) electrons. The van der Waals surface area contributed by atoms with Gasteiger partial charge in [0.2, 0.25) is 0 Å². The largest absolute Gasteiger partial charge is 0.342 e. The predicted molar refractivity (Wildman–Crippen MR) is 60.0 cm³/mol. The summed E-state index contributed by atoms with van der Waals surface area (Å²) >= 11 is 0. The number of nitrogens with zero attached hydrogens (tertiary/aromatic N) is 3. The molecule has 0 aliphatic heterocycles. The van der Waals surface area contributed by atoms with E-state index in [1.807, 2.05) is 6.20 Å². The minimum absolute atomic E-state index is 0. The SMILES string of the molecule is CC(C)c1[c-]n2ncc(C(C)C)nc2c1.[Re]. The average molecular weight is 388 g/mol. The smallest absolute Gasteiger partial charge is 0.0660 e. The molecule has 0 bridgehead atoms. The summed E-state index contributed by atoms with van der Waals surface area (Å²) in [4.78, 5) is 4.55. The van der Waals surface area contributed by atoms with Gasteiger partial charge in [0, 0.05) is 26.1 Å². The van der Waals surface area contributed by atoms with E-state index in [1.54, 1.807) is 4.52 Å². The monoisotopic (exact) mass is 389 g/mol. The molecule has 2 rings (SSSR count). The second-order valence-electron chi connectivity index (χ2n) is 4.47. The number of rotatable bonds is 2. The molecule has 4 heteroatoms. The van der Waals surface area contributed by atoms with E-state index in [9.17, 15) is 0 Å². The molecule has 0 N–H and O–H groups in total. The summed E-state index contributed by atoms with van der Waals surface area (Å²) in [5.74, 6) is 0.885. The molecule has 0 spiro atoms. The third-order valence-electron chi connectivity index (χ3n) is 2.50. The Kier molecular flexibility index (Phi) is 4.23. The van der Waals surface area contributed by atoms with Gasteiger partial charge in [0.1, 0.15) is 0 Å². The summed E-state index contributed by atoms with van der Waals surface area (Å²) in [5, 5.41) is 4.30. The molecule has 0 saturated heterocycles. The van der Waals surface area contributed by atoms with Crippen LogP contribution < -0.4 is 0 Å². The van der Waals surface area contributed by atoms with Crippen LogP contribution in [0.2, 0.25) is 0 Å². The van der Waals surface area contributed by atoms with Crippen LogP contribution in [0.1, 0.15) is 50.8 Å². The molecule has 3 nitrogen and oxygen atoms in total. The van der Waals surface area contributed by atoms with Gasteiger partial charge in [-0.15, -0.1) is 5.56 Å². The van der Waals surface area contributed by atoms with Crippen LogP contribution >= 0.6 is 0 Å². The molecule has 2 heterocycles. The Labute approximate surface area is 110 Å². The minimum Gasteiger partial charge on any atom is -0.342 e. The zero-order valence-corrected chi connectivity index (χ0v) is 12.7. The Hall–Kier alpha value is -0.718. The van der Waals surface area contributed by atoms with Crippen molar-refractivity contribution in [3.05, 3.63) is 29.7 Å². The van der Waals surface area contributed by atoms with Crippen LogP contribution in [-0.2, 0) is 20.4 Å². The molecule has 0 fully saturated rings. The van der Waals surface area contributed by atoms with Crippen LogP contribution in [0.4, 0.5) is 0 Å². The molecular weight excluding hydrogens is 372 g/mol. The zero-order chi connectivity index (χ0) is 11.0. The number of hydrogen-bond acceptors (Lipinski definition) is 2. The number of aromatic nitrogens is 3. The molecule has 87 valence electrons. The molecule has 2 aromatic rings. The van der Waals surface area contributed by atoms with Crippen molar-refractivity contribution in [3.63, 3.8) is 0 Å². The van der Waals surface area contributed by atoms with Crippen LogP contribution in [-0.4, -0.2) is 14.6 Å².